The Bertz CT molecular complexity index is 419. The topological polar surface area (TPSA) is 58.6 Å². The Morgan fingerprint density at radius 3 is 2.82 bits per heavy atom. The van der Waals surface area contributed by atoms with E-state index < -0.39 is 12.1 Å². The number of amides is 2. The van der Waals surface area contributed by atoms with Gasteiger partial charge >= 0.3 is 6.09 Å². The van der Waals surface area contributed by atoms with Gasteiger partial charge in [0.05, 0.1) is 0 Å². The molecule has 1 N–H and O–H groups in total. The molecule has 0 aromatic heterocycles. The van der Waals surface area contributed by atoms with Gasteiger partial charge in [-0.15, -0.1) is 0 Å². The van der Waals surface area contributed by atoms with Crippen molar-refractivity contribution in [3.8, 4) is 5.75 Å². The van der Waals surface area contributed by atoms with Crippen LogP contribution in [0.5, 0.6) is 5.75 Å². The second-order valence-electron chi connectivity index (χ2n) is 3.84. The van der Waals surface area contributed by atoms with Gasteiger partial charge < -0.3 is 10.1 Å². The Balaban J connectivity index is 2.02. The molecule has 1 aliphatic rings. The summed E-state index contributed by atoms with van der Waals surface area (Å²) in [4.78, 5) is 24.7. The summed E-state index contributed by atoms with van der Waals surface area (Å²) < 4.78 is 5.18. The summed E-state index contributed by atoms with van der Waals surface area (Å²) in [6, 6.07) is 8.33. The third-order valence-electron chi connectivity index (χ3n) is 2.68. The van der Waals surface area contributed by atoms with Gasteiger partial charge in [0.2, 0.25) is 5.91 Å². The van der Waals surface area contributed by atoms with Gasteiger partial charge in [-0.1, -0.05) is 18.2 Å². The minimum Gasteiger partial charge on any atom is -0.410 e. The van der Waals surface area contributed by atoms with Crippen LogP contribution < -0.4 is 10.1 Å². The van der Waals surface area contributed by atoms with Crippen LogP contribution in [0.4, 0.5) is 4.79 Å². The quantitative estimate of drug-likeness (QED) is 0.788. The first-order valence-electron chi connectivity index (χ1n) is 5.49. The van der Waals surface area contributed by atoms with Crippen LogP contribution in [0.2, 0.25) is 0 Å². The standard InChI is InChI=1S/C12H14N2O3/c1-9-11(15)13-7-8-14(9)12(16)17-10-5-3-2-4-6-10/h2-6,9H,7-8H2,1H3,(H,13,15). The summed E-state index contributed by atoms with van der Waals surface area (Å²) >= 11 is 0. The average molecular weight is 234 g/mol. The Kier molecular flexibility index (Phi) is 3.27. The highest BCUT2D eigenvalue weighted by Crippen LogP contribution is 2.12. The monoisotopic (exact) mass is 234 g/mol. The van der Waals surface area contributed by atoms with Gasteiger partial charge in [-0.3, -0.25) is 9.69 Å². The number of carbonyl (C=O) groups excluding carboxylic acids is 2. The first-order valence-corrected chi connectivity index (χ1v) is 5.49. The van der Waals surface area contributed by atoms with Crippen molar-refractivity contribution in [1.82, 2.24) is 10.2 Å². The molecule has 0 saturated carbocycles. The molecule has 1 heterocycles. The Labute approximate surface area is 99.4 Å². The summed E-state index contributed by atoms with van der Waals surface area (Å²) in [6.45, 7) is 2.62. The van der Waals surface area contributed by atoms with Crippen LogP contribution in [0.25, 0.3) is 0 Å². The lowest BCUT2D eigenvalue weighted by atomic mass is 10.2. The summed E-state index contributed by atoms with van der Waals surface area (Å²) in [7, 11) is 0. The third kappa shape index (κ3) is 2.55. The van der Waals surface area contributed by atoms with E-state index >= 15 is 0 Å². The number of para-hydroxylation sites is 1. The maximum atomic E-state index is 11.8. The third-order valence-corrected chi connectivity index (χ3v) is 2.68. The molecule has 1 aliphatic heterocycles. The largest absolute Gasteiger partial charge is 0.415 e. The van der Waals surface area contributed by atoms with Crippen LogP contribution in [-0.4, -0.2) is 36.0 Å². The van der Waals surface area contributed by atoms with Crippen LogP contribution in [0, 0.1) is 0 Å². The fraction of sp³-hybridized carbons (Fsp3) is 0.333. The maximum absolute atomic E-state index is 11.8. The average Bonchev–Trinajstić information content (AvgIpc) is 2.34. The minimum absolute atomic E-state index is 0.152. The van der Waals surface area contributed by atoms with Gasteiger partial charge in [-0.25, -0.2) is 4.79 Å². The van der Waals surface area contributed by atoms with Crippen LogP contribution in [-0.2, 0) is 4.79 Å². The van der Waals surface area contributed by atoms with E-state index in [1.807, 2.05) is 6.07 Å². The number of rotatable bonds is 1. The zero-order chi connectivity index (χ0) is 12.3. The van der Waals surface area contributed by atoms with Crippen LogP contribution in [0.15, 0.2) is 30.3 Å². The van der Waals surface area contributed by atoms with Crippen molar-refractivity contribution in [2.45, 2.75) is 13.0 Å². The lowest BCUT2D eigenvalue weighted by Gasteiger charge is -2.31. The molecule has 1 aromatic carbocycles. The second kappa shape index (κ2) is 4.86. The molecule has 0 aliphatic carbocycles. The number of hydrogen-bond donors (Lipinski definition) is 1. The minimum atomic E-state index is -0.487. The lowest BCUT2D eigenvalue weighted by molar-refractivity contribution is -0.127. The number of hydrogen-bond acceptors (Lipinski definition) is 3. The molecule has 1 atom stereocenters. The van der Waals surface area contributed by atoms with Gasteiger partial charge in [0.15, 0.2) is 0 Å². The number of ether oxygens (including phenoxy) is 1. The van der Waals surface area contributed by atoms with E-state index in [0.29, 0.717) is 18.8 Å². The first-order chi connectivity index (χ1) is 8.18. The summed E-state index contributed by atoms with van der Waals surface area (Å²) in [5.74, 6) is 0.331. The van der Waals surface area contributed by atoms with Crippen molar-refractivity contribution >= 4 is 12.0 Å². The highest BCUT2D eigenvalue weighted by molar-refractivity contribution is 5.86. The SMILES string of the molecule is CC1C(=O)NCCN1C(=O)Oc1ccccc1. The highest BCUT2D eigenvalue weighted by Gasteiger charge is 2.30. The molecule has 2 rings (SSSR count). The van der Waals surface area contributed by atoms with Gasteiger partial charge in [0, 0.05) is 13.1 Å². The molecule has 5 heteroatoms. The Morgan fingerprint density at radius 2 is 2.12 bits per heavy atom. The van der Waals surface area contributed by atoms with Crippen molar-refractivity contribution < 1.29 is 14.3 Å². The lowest BCUT2D eigenvalue weighted by Crippen LogP contribution is -2.56. The van der Waals surface area contributed by atoms with Gasteiger partial charge in [0.25, 0.3) is 0 Å². The molecule has 0 bridgehead atoms. The van der Waals surface area contributed by atoms with Gasteiger partial charge in [-0.2, -0.15) is 0 Å². The van der Waals surface area contributed by atoms with Crippen molar-refractivity contribution in [3.63, 3.8) is 0 Å². The molecule has 17 heavy (non-hydrogen) atoms. The fourth-order valence-electron chi connectivity index (χ4n) is 1.68. The number of nitrogens with one attached hydrogen (secondary N) is 1. The molecule has 1 unspecified atom stereocenters. The molecular weight excluding hydrogens is 220 g/mol. The van der Waals surface area contributed by atoms with Crippen molar-refractivity contribution in [2.75, 3.05) is 13.1 Å². The molecule has 1 fully saturated rings. The number of nitrogens with zero attached hydrogens (tertiary/aromatic N) is 1. The summed E-state index contributed by atoms with van der Waals surface area (Å²) in [5.41, 5.74) is 0. The molecular formula is C12H14N2O3. The van der Waals surface area contributed by atoms with Crippen molar-refractivity contribution in [1.29, 1.82) is 0 Å². The molecule has 0 spiro atoms. The molecule has 1 saturated heterocycles. The van der Waals surface area contributed by atoms with E-state index in [4.69, 9.17) is 4.74 Å². The van der Waals surface area contributed by atoms with E-state index in [-0.39, 0.29) is 5.91 Å². The smallest absolute Gasteiger partial charge is 0.410 e. The predicted molar refractivity (Wildman–Crippen MR) is 61.6 cm³/mol. The molecule has 0 radical (unpaired) electrons. The Hall–Kier alpha value is -2.04. The highest BCUT2D eigenvalue weighted by atomic mass is 16.6. The van der Waals surface area contributed by atoms with Crippen molar-refractivity contribution in [2.24, 2.45) is 0 Å². The molecule has 5 nitrogen and oxygen atoms in total. The number of carbonyl (C=O) groups is 2. The Morgan fingerprint density at radius 1 is 1.41 bits per heavy atom. The van der Waals surface area contributed by atoms with E-state index in [1.165, 1.54) is 4.90 Å². The number of piperazine rings is 1. The van der Waals surface area contributed by atoms with Crippen molar-refractivity contribution in [3.05, 3.63) is 30.3 Å². The van der Waals surface area contributed by atoms with E-state index in [0.717, 1.165) is 0 Å². The first kappa shape index (κ1) is 11.4. The van der Waals surface area contributed by atoms with Gasteiger partial charge in [0.1, 0.15) is 11.8 Å². The normalized spacial score (nSPS) is 19.7. The molecule has 90 valence electrons. The van der Waals surface area contributed by atoms with Crippen LogP contribution in [0.3, 0.4) is 0 Å². The molecule has 1 aromatic rings. The maximum Gasteiger partial charge on any atom is 0.415 e. The zero-order valence-corrected chi connectivity index (χ0v) is 9.55. The van der Waals surface area contributed by atoms with Crippen LogP contribution >= 0.6 is 0 Å². The fourth-order valence-corrected chi connectivity index (χ4v) is 1.68. The van der Waals surface area contributed by atoms with E-state index in [9.17, 15) is 9.59 Å². The zero-order valence-electron chi connectivity index (χ0n) is 9.55. The number of benzene rings is 1. The predicted octanol–water partition coefficient (Wildman–Crippen LogP) is 1.01. The summed E-state index contributed by atoms with van der Waals surface area (Å²) in [6.07, 6.45) is -0.487. The van der Waals surface area contributed by atoms with Gasteiger partial charge in [-0.05, 0) is 19.1 Å². The summed E-state index contributed by atoms with van der Waals surface area (Å²) in [5, 5.41) is 2.69. The second-order valence-corrected chi connectivity index (χ2v) is 3.84. The molecule has 2 amide bonds. The van der Waals surface area contributed by atoms with E-state index in [2.05, 4.69) is 5.32 Å². The van der Waals surface area contributed by atoms with Crippen LogP contribution in [0.1, 0.15) is 6.92 Å². The van der Waals surface area contributed by atoms with E-state index in [1.54, 1.807) is 31.2 Å².